The van der Waals surface area contributed by atoms with E-state index in [-0.39, 0.29) is 17.6 Å². The maximum atomic E-state index is 11.7. The topological polar surface area (TPSA) is 78.6 Å². The van der Waals surface area contributed by atoms with Crippen LogP contribution in [0.3, 0.4) is 0 Å². The van der Waals surface area contributed by atoms with Crippen molar-refractivity contribution in [2.45, 2.75) is 97.7 Å². The standard InChI is InChI=1S/C27H45NO4/c1-5-19-23-14-18(31-15-29)8-11-27(23,4)22-9-12-26(3)20(17(2)10-13-28)6-7-21(26)24(22)25(19)32-16-30/h15-25H,5-14,28H2,1-4H3/t17-,18-,19-,20?,21+,22+,23?,24?,25-,26?,27?/m1/s1. The summed E-state index contributed by atoms with van der Waals surface area (Å²) >= 11 is 0. The smallest absolute Gasteiger partial charge is 0.293 e. The molecule has 0 aliphatic heterocycles. The second kappa shape index (κ2) is 9.27. The number of carbonyl (C=O) groups is 2. The molecule has 0 aromatic rings. The lowest BCUT2D eigenvalue weighted by molar-refractivity contribution is -0.213. The van der Waals surface area contributed by atoms with Gasteiger partial charge in [-0.3, -0.25) is 9.59 Å². The van der Waals surface area contributed by atoms with E-state index >= 15 is 0 Å². The summed E-state index contributed by atoms with van der Waals surface area (Å²) in [6.07, 6.45) is 10.1. The third-order valence-corrected chi connectivity index (χ3v) is 11.2. The molecule has 0 heterocycles. The van der Waals surface area contributed by atoms with Crippen LogP contribution in [0.5, 0.6) is 0 Å². The van der Waals surface area contributed by atoms with Crippen LogP contribution >= 0.6 is 0 Å². The van der Waals surface area contributed by atoms with E-state index in [1.807, 2.05) is 0 Å². The zero-order valence-electron chi connectivity index (χ0n) is 20.6. The minimum Gasteiger partial charge on any atom is -0.465 e. The van der Waals surface area contributed by atoms with Gasteiger partial charge in [-0.25, -0.2) is 0 Å². The first-order valence-electron chi connectivity index (χ1n) is 13.2. The summed E-state index contributed by atoms with van der Waals surface area (Å²) in [5.41, 5.74) is 6.50. The van der Waals surface area contributed by atoms with Crippen molar-refractivity contribution in [2.75, 3.05) is 6.54 Å². The first-order valence-corrected chi connectivity index (χ1v) is 13.2. The number of carbonyl (C=O) groups excluding carboxylic acids is 2. The molecule has 4 rings (SSSR count). The van der Waals surface area contributed by atoms with Gasteiger partial charge in [0.25, 0.3) is 12.9 Å². The van der Waals surface area contributed by atoms with E-state index in [1.54, 1.807) is 0 Å². The summed E-state index contributed by atoms with van der Waals surface area (Å²) in [5, 5.41) is 0. The van der Waals surface area contributed by atoms with Gasteiger partial charge < -0.3 is 15.2 Å². The van der Waals surface area contributed by atoms with Gasteiger partial charge in [0.05, 0.1) is 0 Å². The van der Waals surface area contributed by atoms with Crippen molar-refractivity contribution in [3.63, 3.8) is 0 Å². The third-order valence-electron chi connectivity index (χ3n) is 11.2. The van der Waals surface area contributed by atoms with E-state index in [9.17, 15) is 9.59 Å². The van der Waals surface area contributed by atoms with Gasteiger partial charge in [-0.1, -0.05) is 27.7 Å². The average molecular weight is 448 g/mol. The van der Waals surface area contributed by atoms with Crippen LogP contribution < -0.4 is 5.73 Å². The quantitative estimate of drug-likeness (QED) is 0.532. The van der Waals surface area contributed by atoms with Crippen LogP contribution in [0.1, 0.15) is 85.5 Å². The number of nitrogens with two attached hydrogens (primary N) is 1. The number of hydrogen-bond acceptors (Lipinski definition) is 5. The van der Waals surface area contributed by atoms with Crippen LogP contribution in [0.25, 0.3) is 0 Å². The summed E-state index contributed by atoms with van der Waals surface area (Å²) in [6.45, 7) is 11.8. The lowest BCUT2D eigenvalue weighted by atomic mass is 9.41. The highest BCUT2D eigenvalue weighted by Crippen LogP contribution is 2.70. The van der Waals surface area contributed by atoms with Crippen molar-refractivity contribution >= 4 is 12.9 Å². The molecule has 0 amide bonds. The molecule has 182 valence electrons. The highest BCUT2D eigenvalue weighted by Gasteiger charge is 2.65. The predicted octanol–water partition coefficient (Wildman–Crippen LogP) is 4.96. The molecule has 4 saturated carbocycles. The van der Waals surface area contributed by atoms with Gasteiger partial charge in [0.2, 0.25) is 0 Å². The zero-order chi connectivity index (χ0) is 23.1. The molecule has 0 aromatic heterocycles. The van der Waals surface area contributed by atoms with E-state index in [2.05, 4.69) is 27.7 Å². The Bertz CT molecular complexity index is 685. The van der Waals surface area contributed by atoms with Crippen molar-refractivity contribution in [3.05, 3.63) is 0 Å². The molecule has 5 nitrogen and oxygen atoms in total. The largest absolute Gasteiger partial charge is 0.465 e. The Morgan fingerprint density at radius 1 is 0.969 bits per heavy atom. The Kier molecular flexibility index (Phi) is 6.96. The molecular weight excluding hydrogens is 402 g/mol. The first-order chi connectivity index (χ1) is 15.4. The zero-order valence-corrected chi connectivity index (χ0v) is 20.6. The Balaban J connectivity index is 1.69. The molecule has 5 unspecified atom stereocenters. The van der Waals surface area contributed by atoms with E-state index in [1.165, 1.54) is 25.7 Å². The first kappa shape index (κ1) is 24.0. The second-order valence-electron chi connectivity index (χ2n) is 12.1. The molecule has 0 radical (unpaired) electrons. The van der Waals surface area contributed by atoms with Crippen molar-refractivity contribution in [3.8, 4) is 0 Å². The summed E-state index contributed by atoms with van der Waals surface area (Å²) in [5.74, 6) is 3.80. The molecule has 11 atom stereocenters. The molecule has 4 aliphatic carbocycles. The summed E-state index contributed by atoms with van der Waals surface area (Å²) in [4.78, 5) is 22.8. The number of hydrogen-bond donors (Lipinski definition) is 1. The number of ether oxygens (including phenoxy) is 2. The van der Waals surface area contributed by atoms with Gasteiger partial charge in [-0.05, 0) is 111 Å². The van der Waals surface area contributed by atoms with Crippen molar-refractivity contribution in [2.24, 2.45) is 58.0 Å². The molecule has 0 spiro atoms. The Morgan fingerprint density at radius 2 is 1.66 bits per heavy atom. The fourth-order valence-electron chi connectivity index (χ4n) is 9.80. The lowest BCUT2D eigenvalue weighted by Gasteiger charge is -2.65. The minimum atomic E-state index is -0.0104. The molecular formula is C27H45NO4. The Morgan fingerprint density at radius 3 is 2.31 bits per heavy atom. The number of fused-ring (bicyclic) bond motifs is 5. The van der Waals surface area contributed by atoms with Crippen LogP contribution in [0.2, 0.25) is 0 Å². The predicted molar refractivity (Wildman–Crippen MR) is 124 cm³/mol. The highest BCUT2D eigenvalue weighted by atomic mass is 16.5. The molecule has 2 N–H and O–H groups in total. The second-order valence-corrected chi connectivity index (χ2v) is 12.1. The van der Waals surface area contributed by atoms with E-state index in [0.29, 0.717) is 53.9 Å². The van der Waals surface area contributed by atoms with E-state index in [4.69, 9.17) is 15.2 Å². The summed E-state index contributed by atoms with van der Waals surface area (Å²) in [7, 11) is 0. The molecule has 0 saturated heterocycles. The van der Waals surface area contributed by atoms with Gasteiger partial charge in [0, 0.05) is 5.92 Å². The van der Waals surface area contributed by atoms with Crippen LogP contribution in [-0.4, -0.2) is 31.7 Å². The van der Waals surface area contributed by atoms with Crippen LogP contribution in [0.15, 0.2) is 0 Å². The normalized spacial score (nSPS) is 48.7. The molecule has 5 heteroatoms. The molecule has 4 aliphatic rings. The van der Waals surface area contributed by atoms with Gasteiger partial charge in [-0.15, -0.1) is 0 Å². The van der Waals surface area contributed by atoms with Crippen LogP contribution in [0.4, 0.5) is 0 Å². The van der Waals surface area contributed by atoms with Gasteiger partial charge in [-0.2, -0.15) is 0 Å². The summed E-state index contributed by atoms with van der Waals surface area (Å²) < 4.78 is 11.5. The average Bonchev–Trinajstić information content (AvgIpc) is 3.12. The van der Waals surface area contributed by atoms with Crippen molar-refractivity contribution in [1.82, 2.24) is 0 Å². The lowest BCUT2D eigenvalue weighted by Crippen LogP contribution is -2.62. The summed E-state index contributed by atoms with van der Waals surface area (Å²) in [6, 6.07) is 0. The maximum absolute atomic E-state index is 11.7. The molecule has 0 aromatic carbocycles. The molecule has 0 bridgehead atoms. The molecule has 4 fully saturated rings. The SMILES string of the molecule is CC[C@@H]1C2C[C@H](OC=O)CCC2(C)[C@H]2CCC3(C)C([C@H](C)CCN)CC[C@H]3C2[C@@H]1OC=O. The van der Waals surface area contributed by atoms with E-state index < -0.39 is 0 Å². The van der Waals surface area contributed by atoms with E-state index in [0.717, 1.165) is 44.6 Å². The maximum Gasteiger partial charge on any atom is 0.293 e. The van der Waals surface area contributed by atoms with Gasteiger partial charge >= 0.3 is 0 Å². The fourth-order valence-corrected chi connectivity index (χ4v) is 9.80. The monoisotopic (exact) mass is 447 g/mol. The number of rotatable bonds is 8. The molecule has 32 heavy (non-hydrogen) atoms. The Labute approximate surface area is 194 Å². The van der Waals surface area contributed by atoms with Crippen LogP contribution in [-0.2, 0) is 19.1 Å². The van der Waals surface area contributed by atoms with Crippen molar-refractivity contribution in [1.29, 1.82) is 0 Å². The van der Waals surface area contributed by atoms with Crippen LogP contribution in [0, 0.1) is 52.3 Å². The fraction of sp³-hybridized carbons (Fsp3) is 0.926. The van der Waals surface area contributed by atoms with Gasteiger partial charge in [0.1, 0.15) is 12.2 Å². The Hall–Kier alpha value is -1.10. The van der Waals surface area contributed by atoms with Gasteiger partial charge in [0.15, 0.2) is 0 Å². The minimum absolute atomic E-state index is 0.00915. The van der Waals surface area contributed by atoms with Crippen molar-refractivity contribution < 1.29 is 19.1 Å². The third kappa shape index (κ3) is 3.61. The highest BCUT2D eigenvalue weighted by molar-refractivity contribution is 5.38.